The maximum Gasteiger partial charge on any atom is 0.339 e. The van der Waals surface area contributed by atoms with Gasteiger partial charge in [0.15, 0.2) is 12.0 Å². The van der Waals surface area contributed by atoms with Gasteiger partial charge in [-0.2, -0.15) is 0 Å². The standard InChI is InChI=1S/C9H10O4/c1-3-6-7(4-10)13-5(2)8(6)9(11)12/h4H,3H2,1-2H3,(H,11,12). The van der Waals surface area contributed by atoms with Gasteiger partial charge in [0.1, 0.15) is 11.3 Å². The van der Waals surface area contributed by atoms with E-state index in [0.29, 0.717) is 18.3 Å². The second kappa shape index (κ2) is 3.43. The zero-order valence-corrected chi connectivity index (χ0v) is 7.46. The van der Waals surface area contributed by atoms with Crippen molar-refractivity contribution in [3.8, 4) is 0 Å². The molecule has 0 saturated heterocycles. The lowest BCUT2D eigenvalue weighted by Crippen LogP contribution is -2.01. The lowest BCUT2D eigenvalue weighted by Gasteiger charge is -1.94. The number of hydrogen-bond acceptors (Lipinski definition) is 3. The van der Waals surface area contributed by atoms with Crippen LogP contribution >= 0.6 is 0 Å². The number of aldehydes is 1. The highest BCUT2D eigenvalue weighted by Gasteiger charge is 2.20. The van der Waals surface area contributed by atoms with Crippen molar-refractivity contribution in [1.29, 1.82) is 0 Å². The monoisotopic (exact) mass is 182 g/mol. The SMILES string of the molecule is CCc1c(C=O)oc(C)c1C(=O)O. The number of aryl methyl sites for hydroxylation is 1. The van der Waals surface area contributed by atoms with E-state index < -0.39 is 5.97 Å². The number of carboxylic acid groups (broad SMARTS) is 1. The van der Waals surface area contributed by atoms with Crippen molar-refractivity contribution >= 4 is 12.3 Å². The van der Waals surface area contributed by atoms with Crippen molar-refractivity contribution in [3.63, 3.8) is 0 Å². The molecule has 13 heavy (non-hydrogen) atoms. The van der Waals surface area contributed by atoms with E-state index in [1.807, 2.05) is 0 Å². The van der Waals surface area contributed by atoms with Gasteiger partial charge in [0.2, 0.25) is 0 Å². The molecule has 0 saturated carbocycles. The van der Waals surface area contributed by atoms with Crippen molar-refractivity contribution in [2.24, 2.45) is 0 Å². The third-order valence-corrected chi connectivity index (χ3v) is 1.89. The molecule has 0 atom stereocenters. The smallest absolute Gasteiger partial charge is 0.339 e. The lowest BCUT2D eigenvalue weighted by atomic mass is 10.1. The molecule has 1 heterocycles. The third-order valence-electron chi connectivity index (χ3n) is 1.89. The number of carbonyl (C=O) groups excluding carboxylic acids is 1. The molecule has 4 nitrogen and oxygen atoms in total. The fourth-order valence-electron chi connectivity index (χ4n) is 1.34. The summed E-state index contributed by atoms with van der Waals surface area (Å²) in [5.41, 5.74) is 0.588. The van der Waals surface area contributed by atoms with Crippen molar-refractivity contribution < 1.29 is 19.1 Å². The van der Waals surface area contributed by atoms with Gasteiger partial charge in [0.25, 0.3) is 0 Å². The molecule has 0 amide bonds. The van der Waals surface area contributed by atoms with Crippen LogP contribution in [0.5, 0.6) is 0 Å². The topological polar surface area (TPSA) is 67.5 Å². The zero-order valence-electron chi connectivity index (χ0n) is 7.46. The molecular formula is C9H10O4. The van der Waals surface area contributed by atoms with Crippen LogP contribution < -0.4 is 0 Å². The molecule has 0 aliphatic heterocycles. The molecule has 1 rings (SSSR count). The van der Waals surface area contributed by atoms with Crippen LogP contribution in [0.25, 0.3) is 0 Å². The first kappa shape index (κ1) is 9.51. The molecule has 0 aromatic carbocycles. The molecule has 4 heteroatoms. The second-order valence-corrected chi connectivity index (χ2v) is 2.65. The Hall–Kier alpha value is -1.58. The van der Waals surface area contributed by atoms with E-state index in [0.717, 1.165) is 0 Å². The molecule has 0 radical (unpaired) electrons. The highest BCUT2D eigenvalue weighted by atomic mass is 16.4. The van der Waals surface area contributed by atoms with E-state index in [4.69, 9.17) is 9.52 Å². The molecule has 1 N–H and O–H groups in total. The van der Waals surface area contributed by atoms with E-state index in [9.17, 15) is 9.59 Å². The summed E-state index contributed by atoms with van der Waals surface area (Å²) in [5.74, 6) is -0.643. The molecule has 70 valence electrons. The van der Waals surface area contributed by atoms with Crippen LogP contribution in [-0.2, 0) is 6.42 Å². The average Bonchev–Trinajstić information content (AvgIpc) is 2.41. The van der Waals surface area contributed by atoms with Gasteiger partial charge in [0.05, 0.1) is 0 Å². The Kier molecular flexibility index (Phi) is 2.51. The van der Waals surface area contributed by atoms with Crippen LogP contribution in [0.4, 0.5) is 0 Å². The van der Waals surface area contributed by atoms with Crippen LogP contribution in [0.15, 0.2) is 4.42 Å². The van der Waals surface area contributed by atoms with E-state index in [2.05, 4.69) is 0 Å². The van der Waals surface area contributed by atoms with E-state index >= 15 is 0 Å². The van der Waals surface area contributed by atoms with Gasteiger partial charge in [-0.25, -0.2) is 4.79 Å². The summed E-state index contributed by atoms with van der Waals surface area (Å²) in [6.07, 6.45) is 1.02. The minimum atomic E-state index is -1.05. The van der Waals surface area contributed by atoms with Gasteiger partial charge in [-0.1, -0.05) is 6.92 Å². The number of aromatic carboxylic acids is 1. The summed E-state index contributed by atoms with van der Waals surface area (Å²) in [6.45, 7) is 3.32. The summed E-state index contributed by atoms with van der Waals surface area (Å²) >= 11 is 0. The fraction of sp³-hybridized carbons (Fsp3) is 0.333. The van der Waals surface area contributed by atoms with E-state index in [1.165, 1.54) is 6.92 Å². The Balaban J connectivity index is 3.39. The van der Waals surface area contributed by atoms with Crippen LogP contribution in [0.3, 0.4) is 0 Å². The lowest BCUT2D eigenvalue weighted by molar-refractivity contribution is 0.0694. The van der Waals surface area contributed by atoms with Crippen molar-refractivity contribution in [2.45, 2.75) is 20.3 Å². The van der Waals surface area contributed by atoms with Gasteiger partial charge in [-0.05, 0) is 13.3 Å². The summed E-state index contributed by atoms with van der Waals surface area (Å²) in [7, 11) is 0. The van der Waals surface area contributed by atoms with E-state index in [1.54, 1.807) is 6.92 Å². The Labute approximate surface area is 75.2 Å². The number of hydrogen-bond donors (Lipinski definition) is 1. The van der Waals surface area contributed by atoms with Gasteiger partial charge in [-0.15, -0.1) is 0 Å². The predicted molar refractivity (Wildman–Crippen MR) is 45.2 cm³/mol. The highest BCUT2D eigenvalue weighted by Crippen LogP contribution is 2.21. The fourth-order valence-corrected chi connectivity index (χ4v) is 1.34. The minimum absolute atomic E-state index is 0.115. The second-order valence-electron chi connectivity index (χ2n) is 2.65. The highest BCUT2D eigenvalue weighted by molar-refractivity contribution is 5.93. The molecule has 0 fully saturated rings. The van der Waals surface area contributed by atoms with Crippen molar-refractivity contribution in [1.82, 2.24) is 0 Å². The molecular weight excluding hydrogens is 172 g/mol. The first-order valence-corrected chi connectivity index (χ1v) is 3.92. The van der Waals surface area contributed by atoms with Gasteiger partial charge < -0.3 is 9.52 Å². The van der Waals surface area contributed by atoms with Gasteiger partial charge in [-0.3, -0.25) is 4.79 Å². The minimum Gasteiger partial charge on any atom is -0.478 e. The maximum atomic E-state index is 10.8. The summed E-state index contributed by atoms with van der Waals surface area (Å²) < 4.78 is 5.00. The Morgan fingerprint density at radius 2 is 2.23 bits per heavy atom. The van der Waals surface area contributed by atoms with E-state index in [-0.39, 0.29) is 17.1 Å². The number of carboxylic acids is 1. The molecule has 0 spiro atoms. The maximum absolute atomic E-state index is 10.8. The molecule has 0 aliphatic carbocycles. The summed E-state index contributed by atoms with van der Waals surface area (Å²) in [6, 6.07) is 0. The molecule has 1 aromatic heterocycles. The Bertz CT molecular complexity index is 349. The molecule has 1 aromatic rings. The normalized spacial score (nSPS) is 10.0. The van der Waals surface area contributed by atoms with Crippen molar-refractivity contribution in [3.05, 3.63) is 22.6 Å². The number of furan rings is 1. The van der Waals surface area contributed by atoms with Gasteiger partial charge >= 0.3 is 5.97 Å². The first-order valence-electron chi connectivity index (χ1n) is 3.92. The van der Waals surface area contributed by atoms with Crippen LogP contribution in [0.2, 0.25) is 0 Å². The molecule has 0 bridgehead atoms. The van der Waals surface area contributed by atoms with Crippen LogP contribution in [-0.4, -0.2) is 17.4 Å². The number of rotatable bonds is 3. The summed E-state index contributed by atoms with van der Waals surface area (Å²) in [4.78, 5) is 21.2. The zero-order chi connectivity index (χ0) is 10.0. The number of carbonyl (C=O) groups is 2. The summed E-state index contributed by atoms with van der Waals surface area (Å²) in [5, 5.41) is 8.81. The average molecular weight is 182 g/mol. The largest absolute Gasteiger partial charge is 0.478 e. The first-order chi connectivity index (χ1) is 6.11. The van der Waals surface area contributed by atoms with Crippen LogP contribution in [0.1, 0.15) is 39.2 Å². The Morgan fingerprint density at radius 3 is 2.62 bits per heavy atom. The molecule has 0 aliphatic rings. The third kappa shape index (κ3) is 1.47. The molecule has 0 unspecified atom stereocenters. The van der Waals surface area contributed by atoms with Crippen LogP contribution in [0, 0.1) is 6.92 Å². The Morgan fingerprint density at radius 1 is 1.62 bits per heavy atom. The van der Waals surface area contributed by atoms with Crippen molar-refractivity contribution in [2.75, 3.05) is 0 Å². The quantitative estimate of drug-likeness (QED) is 0.722. The predicted octanol–water partition coefficient (Wildman–Crippen LogP) is 1.66. The van der Waals surface area contributed by atoms with Gasteiger partial charge in [0, 0.05) is 5.56 Å².